The molecule has 328 valence electrons. The summed E-state index contributed by atoms with van der Waals surface area (Å²) in [7, 11) is 0. The van der Waals surface area contributed by atoms with Crippen molar-refractivity contribution in [2.75, 3.05) is 26.2 Å². The van der Waals surface area contributed by atoms with Gasteiger partial charge in [0.25, 0.3) is 0 Å². The highest BCUT2D eigenvalue weighted by Gasteiger charge is 2.59. The van der Waals surface area contributed by atoms with Crippen molar-refractivity contribution in [2.45, 2.75) is 265 Å². The van der Waals surface area contributed by atoms with Crippen LogP contribution in [0.4, 0.5) is 0 Å². The van der Waals surface area contributed by atoms with Crippen molar-refractivity contribution >= 4 is 5.91 Å². The lowest BCUT2D eigenvalue weighted by molar-refractivity contribution is -0.121. The zero-order chi connectivity index (χ0) is 39.7. The fraction of sp³-hybridized carbons (Fsp3) is 0.981. The molecule has 4 aliphatic rings. The quantitative estimate of drug-likeness (QED) is 0.0673. The molecular weight excluding hydrogens is 681 g/mol. The number of carbonyl (C=O) groups excluding carboxylic acids is 1. The molecule has 0 radical (unpaired) electrons. The average molecular weight is 781 g/mol. The van der Waals surface area contributed by atoms with Crippen LogP contribution in [0.1, 0.15) is 265 Å². The molecule has 4 rings (SSSR count). The molecule has 0 spiro atoms. The molecule has 0 heterocycles. The number of unbranched alkanes of at least 4 members (excludes halogenated alkanes) is 21. The van der Waals surface area contributed by atoms with Crippen molar-refractivity contribution in [3.05, 3.63) is 0 Å². The summed E-state index contributed by atoms with van der Waals surface area (Å²) in [5, 5.41) is 3.31. The van der Waals surface area contributed by atoms with E-state index in [1.807, 2.05) is 0 Å². The van der Waals surface area contributed by atoms with Crippen molar-refractivity contribution in [2.24, 2.45) is 40.4 Å². The van der Waals surface area contributed by atoms with Crippen LogP contribution in [0, 0.1) is 40.4 Å². The number of hydrogen-bond donors (Lipinski definition) is 1. The highest BCUT2D eigenvalue weighted by atomic mass is 16.1. The summed E-state index contributed by atoms with van der Waals surface area (Å²) < 4.78 is 0. The molecule has 1 N–H and O–H groups in total. The molecule has 0 aromatic rings. The van der Waals surface area contributed by atoms with E-state index in [1.54, 1.807) is 0 Å². The number of carbonyl (C=O) groups is 1. The van der Waals surface area contributed by atoms with Gasteiger partial charge in [-0.15, -0.1) is 0 Å². The zero-order valence-corrected chi connectivity index (χ0v) is 38.7. The van der Waals surface area contributed by atoms with Gasteiger partial charge in [0, 0.05) is 13.0 Å². The molecule has 4 saturated carbocycles. The van der Waals surface area contributed by atoms with Crippen molar-refractivity contribution in [3.63, 3.8) is 0 Å². The van der Waals surface area contributed by atoms with Gasteiger partial charge in [-0.25, -0.2) is 0 Å². The fourth-order valence-electron chi connectivity index (χ4n) is 13.5. The molecule has 3 nitrogen and oxygen atoms in total. The van der Waals surface area contributed by atoms with E-state index >= 15 is 0 Å². The van der Waals surface area contributed by atoms with Gasteiger partial charge < -0.3 is 10.2 Å². The van der Waals surface area contributed by atoms with Gasteiger partial charge in [0.15, 0.2) is 0 Å². The Balaban J connectivity index is 1.03. The second kappa shape index (κ2) is 28.0. The van der Waals surface area contributed by atoms with Gasteiger partial charge >= 0.3 is 0 Å². The van der Waals surface area contributed by atoms with E-state index in [4.69, 9.17) is 0 Å². The van der Waals surface area contributed by atoms with Crippen LogP contribution in [-0.4, -0.2) is 37.0 Å². The SMILES string of the molecule is CCCCCCCCCCCCN(CCCCCCCCCCCC)CCCCCCNC(=O)CCCC1CCC2C3CCC4CCCCC4(C)C3CCC12C. The summed E-state index contributed by atoms with van der Waals surface area (Å²) in [6.07, 6.45) is 51.6. The fourth-order valence-corrected chi connectivity index (χ4v) is 13.5. The van der Waals surface area contributed by atoms with Crippen LogP contribution in [0.15, 0.2) is 0 Å². The Bertz CT molecular complexity index is 972. The lowest BCUT2D eigenvalue weighted by atomic mass is 9.45. The molecule has 4 aliphatic carbocycles. The summed E-state index contributed by atoms with van der Waals surface area (Å²) in [5.41, 5.74) is 1.20. The molecule has 56 heavy (non-hydrogen) atoms. The minimum atomic E-state index is 0.316. The van der Waals surface area contributed by atoms with Crippen molar-refractivity contribution < 1.29 is 4.79 Å². The predicted octanol–water partition coefficient (Wildman–Crippen LogP) is 16.0. The van der Waals surface area contributed by atoms with Crippen LogP contribution in [0.25, 0.3) is 0 Å². The molecule has 0 saturated heterocycles. The van der Waals surface area contributed by atoms with Gasteiger partial charge in [-0.1, -0.05) is 169 Å². The smallest absolute Gasteiger partial charge is 0.219 e. The Morgan fingerprint density at radius 1 is 0.518 bits per heavy atom. The Hall–Kier alpha value is -0.570. The molecule has 4 fully saturated rings. The van der Waals surface area contributed by atoms with Crippen molar-refractivity contribution in [3.8, 4) is 0 Å². The van der Waals surface area contributed by atoms with Gasteiger partial charge in [0.1, 0.15) is 0 Å². The molecule has 7 atom stereocenters. The third-order valence-electron chi connectivity index (χ3n) is 17.1. The normalized spacial score (nSPS) is 28.6. The minimum Gasteiger partial charge on any atom is -0.356 e. The maximum atomic E-state index is 12.9. The first-order chi connectivity index (χ1) is 27.4. The van der Waals surface area contributed by atoms with Crippen LogP contribution in [0.3, 0.4) is 0 Å². The maximum absolute atomic E-state index is 12.9. The van der Waals surface area contributed by atoms with E-state index < -0.39 is 0 Å². The van der Waals surface area contributed by atoms with Crippen LogP contribution in [0.5, 0.6) is 0 Å². The number of nitrogens with zero attached hydrogens (tertiary/aromatic N) is 1. The van der Waals surface area contributed by atoms with Gasteiger partial charge in [-0.3, -0.25) is 4.79 Å². The largest absolute Gasteiger partial charge is 0.356 e. The zero-order valence-electron chi connectivity index (χ0n) is 38.7. The Morgan fingerprint density at radius 2 is 1.04 bits per heavy atom. The second-order valence-corrected chi connectivity index (χ2v) is 21.1. The summed E-state index contributed by atoms with van der Waals surface area (Å²) in [4.78, 5) is 15.7. The minimum absolute atomic E-state index is 0.316. The van der Waals surface area contributed by atoms with Gasteiger partial charge in [0.05, 0.1) is 0 Å². The number of nitrogens with one attached hydrogen (secondary N) is 1. The van der Waals surface area contributed by atoms with Gasteiger partial charge in [0.2, 0.25) is 5.91 Å². The standard InChI is InChI=1S/C53H100N2O/c1-5-7-9-11-13-15-17-19-22-28-43-55(44-29-23-20-18-16-14-12-10-8-6-2)45-30-24-21-27-42-54-51(56)34-31-33-47-36-38-49-48-37-35-46-32-25-26-40-52(46,3)50(48)39-41-53(47,49)4/h46-50H,5-45H2,1-4H3,(H,54,56). The van der Waals surface area contributed by atoms with Crippen molar-refractivity contribution in [1.29, 1.82) is 0 Å². The average Bonchev–Trinajstić information content (AvgIpc) is 3.54. The molecule has 0 bridgehead atoms. The predicted molar refractivity (Wildman–Crippen MR) is 245 cm³/mol. The van der Waals surface area contributed by atoms with E-state index in [0.717, 1.165) is 55.4 Å². The van der Waals surface area contributed by atoms with E-state index in [1.165, 1.54) is 238 Å². The highest BCUT2D eigenvalue weighted by molar-refractivity contribution is 5.75. The first kappa shape index (κ1) is 48.1. The lowest BCUT2D eigenvalue weighted by Crippen LogP contribution is -2.52. The monoisotopic (exact) mass is 781 g/mol. The van der Waals surface area contributed by atoms with Crippen LogP contribution >= 0.6 is 0 Å². The van der Waals surface area contributed by atoms with E-state index in [2.05, 4.69) is 37.9 Å². The summed E-state index contributed by atoms with van der Waals surface area (Å²) in [5.74, 6) is 5.16. The molecule has 1 amide bonds. The van der Waals surface area contributed by atoms with E-state index in [9.17, 15) is 4.79 Å². The second-order valence-electron chi connectivity index (χ2n) is 21.1. The molecule has 3 heteroatoms. The summed E-state index contributed by atoms with van der Waals surface area (Å²) in [6.45, 7) is 14.8. The molecule has 7 unspecified atom stereocenters. The first-order valence-corrected chi connectivity index (χ1v) is 26.4. The summed E-state index contributed by atoms with van der Waals surface area (Å²) in [6, 6.07) is 0. The van der Waals surface area contributed by atoms with Crippen LogP contribution in [-0.2, 0) is 4.79 Å². The number of rotatable bonds is 33. The summed E-state index contributed by atoms with van der Waals surface area (Å²) >= 11 is 0. The third kappa shape index (κ3) is 16.1. The number of hydrogen-bond acceptors (Lipinski definition) is 2. The highest BCUT2D eigenvalue weighted by Crippen LogP contribution is 2.67. The van der Waals surface area contributed by atoms with Crippen LogP contribution in [0.2, 0.25) is 0 Å². The Labute approximate surface area is 351 Å². The molecular formula is C53H100N2O. The van der Waals surface area contributed by atoms with Gasteiger partial charge in [-0.05, 0) is 150 Å². The van der Waals surface area contributed by atoms with Crippen LogP contribution < -0.4 is 5.32 Å². The molecule has 0 aromatic carbocycles. The Morgan fingerprint density at radius 3 is 1.61 bits per heavy atom. The number of fused-ring (bicyclic) bond motifs is 5. The topological polar surface area (TPSA) is 32.3 Å². The number of amides is 1. The van der Waals surface area contributed by atoms with E-state index in [-0.39, 0.29) is 0 Å². The van der Waals surface area contributed by atoms with Gasteiger partial charge in [-0.2, -0.15) is 0 Å². The molecule has 0 aromatic heterocycles. The Kier molecular flexibility index (Phi) is 24.1. The van der Waals surface area contributed by atoms with E-state index in [0.29, 0.717) is 16.7 Å². The first-order valence-electron chi connectivity index (χ1n) is 26.4. The maximum Gasteiger partial charge on any atom is 0.219 e. The lowest BCUT2D eigenvalue weighted by Gasteiger charge is -2.60. The third-order valence-corrected chi connectivity index (χ3v) is 17.1. The van der Waals surface area contributed by atoms with Crippen molar-refractivity contribution in [1.82, 2.24) is 10.2 Å². The molecule has 0 aliphatic heterocycles.